The van der Waals surface area contributed by atoms with Crippen molar-refractivity contribution in [1.82, 2.24) is 4.98 Å². The van der Waals surface area contributed by atoms with E-state index in [1.165, 1.54) is 12.8 Å². The fourth-order valence-electron chi connectivity index (χ4n) is 2.65. The molecule has 4 heteroatoms. The Morgan fingerprint density at radius 1 is 1.00 bits per heavy atom. The molecule has 0 N–H and O–H groups in total. The number of aromatic nitrogens is 1. The SMILES string of the molecule is CCCCCOc1ccc(-c2cnc(-c3ccc(C(C)=O)cc3)o2)cc1. The molecule has 0 fully saturated rings. The number of carbonyl (C=O) groups excluding carboxylic acids is 1. The van der Waals surface area contributed by atoms with Gasteiger partial charge in [-0.2, -0.15) is 0 Å². The molecule has 3 rings (SSSR count). The van der Waals surface area contributed by atoms with Crippen molar-refractivity contribution < 1.29 is 13.9 Å². The van der Waals surface area contributed by atoms with Gasteiger partial charge < -0.3 is 9.15 Å². The molecule has 0 amide bonds. The summed E-state index contributed by atoms with van der Waals surface area (Å²) in [6.07, 6.45) is 5.16. The van der Waals surface area contributed by atoms with Crippen molar-refractivity contribution >= 4 is 5.78 Å². The molecular weight excluding hydrogens is 326 g/mol. The van der Waals surface area contributed by atoms with Crippen LogP contribution >= 0.6 is 0 Å². The molecular formula is C22H23NO3. The average molecular weight is 349 g/mol. The van der Waals surface area contributed by atoms with E-state index in [2.05, 4.69) is 11.9 Å². The lowest BCUT2D eigenvalue weighted by molar-refractivity contribution is 0.101. The lowest BCUT2D eigenvalue weighted by atomic mass is 10.1. The molecule has 2 aromatic carbocycles. The monoisotopic (exact) mass is 349 g/mol. The fraction of sp³-hybridized carbons (Fsp3) is 0.273. The predicted molar refractivity (Wildman–Crippen MR) is 102 cm³/mol. The molecule has 4 nitrogen and oxygen atoms in total. The third-order valence-electron chi connectivity index (χ3n) is 4.20. The Labute approximate surface area is 153 Å². The van der Waals surface area contributed by atoms with Gasteiger partial charge in [0.05, 0.1) is 12.8 Å². The van der Waals surface area contributed by atoms with E-state index in [-0.39, 0.29) is 5.78 Å². The fourth-order valence-corrected chi connectivity index (χ4v) is 2.65. The second-order valence-electron chi connectivity index (χ2n) is 6.24. The highest BCUT2D eigenvalue weighted by molar-refractivity contribution is 5.94. The van der Waals surface area contributed by atoms with Crippen molar-refractivity contribution in [3.05, 3.63) is 60.3 Å². The standard InChI is InChI=1S/C22H23NO3/c1-3-4-5-14-25-20-12-10-18(11-13-20)21-15-23-22(26-21)19-8-6-17(7-9-19)16(2)24/h6-13,15H,3-5,14H2,1-2H3. The molecule has 0 aliphatic rings. The Bertz CT molecular complexity index is 848. The van der Waals surface area contributed by atoms with E-state index < -0.39 is 0 Å². The molecule has 0 aliphatic heterocycles. The second kappa shape index (κ2) is 8.48. The first-order valence-corrected chi connectivity index (χ1v) is 8.98. The summed E-state index contributed by atoms with van der Waals surface area (Å²) < 4.78 is 11.6. The van der Waals surface area contributed by atoms with Gasteiger partial charge in [0.15, 0.2) is 11.5 Å². The Morgan fingerprint density at radius 2 is 1.69 bits per heavy atom. The first-order chi connectivity index (χ1) is 12.7. The number of carbonyl (C=O) groups is 1. The van der Waals surface area contributed by atoms with Crippen molar-refractivity contribution in [2.75, 3.05) is 6.61 Å². The number of benzene rings is 2. The van der Waals surface area contributed by atoms with Crippen molar-refractivity contribution in [2.45, 2.75) is 33.1 Å². The molecule has 1 heterocycles. The molecule has 0 spiro atoms. The number of hydrogen-bond acceptors (Lipinski definition) is 4. The number of hydrogen-bond donors (Lipinski definition) is 0. The smallest absolute Gasteiger partial charge is 0.226 e. The third kappa shape index (κ3) is 4.39. The van der Waals surface area contributed by atoms with Crippen LogP contribution in [0.1, 0.15) is 43.5 Å². The van der Waals surface area contributed by atoms with Crippen LogP contribution in [0.3, 0.4) is 0 Å². The number of Topliss-reactive ketones (excluding diaryl/α,β-unsaturated/α-hetero) is 1. The van der Waals surface area contributed by atoms with Crippen LogP contribution in [-0.4, -0.2) is 17.4 Å². The van der Waals surface area contributed by atoms with Gasteiger partial charge in [-0.25, -0.2) is 4.98 Å². The number of rotatable bonds is 8. The van der Waals surface area contributed by atoms with Gasteiger partial charge in [0.25, 0.3) is 0 Å². The molecule has 0 unspecified atom stereocenters. The Balaban J connectivity index is 1.68. The van der Waals surface area contributed by atoms with Crippen LogP contribution in [0.5, 0.6) is 5.75 Å². The second-order valence-corrected chi connectivity index (χ2v) is 6.24. The number of ether oxygens (including phenoxy) is 1. The maximum atomic E-state index is 11.4. The summed E-state index contributed by atoms with van der Waals surface area (Å²) in [6.45, 7) is 4.48. The van der Waals surface area contributed by atoms with Crippen LogP contribution in [0.15, 0.2) is 59.1 Å². The summed E-state index contributed by atoms with van der Waals surface area (Å²) >= 11 is 0. The maximum absolute atomic E-state index is 11.4. The van der Waals surface area contributed by atoms with Gasteiger partial charge >= 0.3 is 0 Å². The highest BCUT2D eigenvalue weighted by Gasteiger charge is 2.09. The molecule has 134 valence electrons. The van der Waals surface area contributed by atoms with Gasteiger partial charge in [0.1, 0.15) is 5.75 Å². The highest BCUT2D eigenvalue weighted by Crippen LogP contribution is 2.27. The van der Waals surface area contributed by atoms with Crippen LogP contribution in [0.2, 0.25) is 0 Å². The van der Waals surface area contributed by atoms with Crippen LogP contribution in [-0.2, 0) is 0 Å². The van der Waals surface area contributed by atoms with Gasteiger partial charge in [-0.3, -0.25) is 4.79 Å². The minimum Gasteiger partial charge on any atom is -0.494 e. The van der Waals surface area contributed by atoms with Gasteiger partial charge in [-0.05, 0) is 49.7 Å². The first-order valence-electron chi connectivity index (χ1n) is 8.98. The van der Waals surface area contributed by atoms with Gasteiger partial charge in [0.2, 0.25) is 5.89 Å². The van der Waals surface area contributed by atoms with E-state index in [1.807, 2.05) is 36.4 Å². The Kier molecular flexibility index (Phi) is 5.84. The van der Waals surface area contributed by atoms with Gasteiger partial charge in [-0.1, -0.05) is 31.9 Å². The summed E-state index contributed by atoms with van der Waals surface area (Å²) in [6, 6.07) is 15.1. The summed E-state index contributed by atoms with van der Waals surface area (Å²) in [4.78, 5) is 15.7. The maximum Gasteiger partial charge on any atom is 0.226 e. The van der Waals surface area contributed by atoms with E-state index in [9.17, 15) is 4.79 Å². The summed E-state index contributed by atoms with van der Waals surface area (Å²) in [5.41, 5.74) is 2.47. The van der Waals surface area contributed by atoms with Gasteiger partial charge in [-0.15, -0.1) is 0 Å². The summed E-state index contributed by atoms with van der Waals surface area (Å²) in [7, 11) is 0. The van der Waals surface area contributed by atoms with Crippen LogP contribution in [0, 0.1) is 0 Å². The van der Waals surface area contributed by atoms with E-state index in [0.29, 0.717) is 17.2 Å². The molecule has 0 bridgehead atoms. The molecule has 0 saturated heterocycles. The first kappa shape index (κ1) is 17.9. The van der Waals surface area contributed by atoms with Crippen molar-refractivity contribution in [3.63, 3.8) is 0 Å². The average Bonchev–Trinajstić information content (AvgIpc) is 3.16. The van der Waals surface area contributed by atoms with Crippen LogP contribution in [0.25, 0.3) is 22.8 Å². The minimum atomic E-state index is 0.0432. The van der Waals surface area contributed by atoms with E-state index in [4.69, 9.17) is 9.15 Å². The van der Waals surface area contributed by atoms with Crippen molar-refractivity contribution in [1.29, 1.82) is 0 Å². The number of ketones is 1. The highest BCUT2D eigenvalue weighted by atomic mass is 16.5. The quantitative estimate of drug-likeness (QED) is 0.382. The molecule has 0 saturated carbocycles. The summed E-state index contributed by atoms with van der Waals surface area (Å²) in [5.74, 6) is 2.15. The van der Waals surface area contributed by atoms with E-state index in [1.54, 1.807) is 25.3 Å². The third-order valence-corrected chi connectivity index (χ3v) is 4.20. The number of nitrogens with zero attached hydrogens (tertiary/aromatic N) is 1. The lowest BCUT2D eigenvalue weighted by Gasteiger charge is -2.06. The lowest BCUT2D eigenvalue weighted by Crippen LogP contribution is -1.96. The normalized spacial score (nSPS) is 10.7. The number of oxazole rings is 1. The topological polar surface area (TPSA) is 52.3 Å². The Hall–Kier alpha value is -2.88. The minimum absolute atomic E-state index is 0.0432. The molecule has 3 aromatic rings. The van der Waals surface area contributed by atoms with E-state index in [0.717, 1.165) is 29.9 Å². The van der Waals surface area contributed by atoms with E-state index >= 15 is 0 Å². The van der Waals surface area contributed by atoms with Crippen molar-refractivity contribution in [3.8, 4) is 28.5 Å². The zero-order valence-electron chi connectivity index (χ0n) is 15.2. The predicted octanol–water partition coefficient (Wildman–Crippen LogP) is 5.78. The molecule has 0 radical (unpaired) electrons. The Morgan fingerprint density at radius 3 is 2.35 bits per heavy atom. The zero-order chi connectivity index (χ0) is 18.4. The van der Waals surface area contributed by atoms with Crippen LogP contribution < -0.4 is 4.74 Å². The molecule has 0 aliphatic carbocycles. The van der Waals surface area contributed by atoms with Crippen molar-refractivity contribution in [2.24, 2.45) is 0 Å². The number of unbranched alkanes of at least 4 members (excludes halogenated alkanes) is 2. The molecule has 1 aromatic heterocycles. The molecule has 26 heavy (non-hydrogen) atoms. The zero-order valence-corrected chi connectivity index (χ0v) is 15.2. The largest absolute Gasteiger partial charge is 0.494 e. The summed E-state index contributed by atoms with van der Waals surface area (Å²) in [5, 5.41) is 0. The van der Waals surface area contributed by atoms with Gasteiger partial charge in [0, 0.05) is 16.7 Å². The van der Waals surface area contributed by atoms with Crippen LogP contribution in [0.4, 0.5) is 0 Å². The molecule has 0 atom stereocenters.